The number of aliphatic hydroxyl groups is 2. The van der Waals surface area contributed by atoms with E-state index < -0.39 is 35.1 Å². The van der Waals surface area contributed by atoms with Crippen LogP contribution < -0.4 is 10.2 Å². The third kappa shape index (κ3) is 4.85. The van der Waals surface area contributed by atoms with Crippen LogP contribution in [0.15, 0.2) is 24.3 Å². The lowest BCUT2D eigenvalue weighted by molar-refractivity contribution is -0.119. The van der Waals surface area contributed by atoms with Crippen molar-refractivity contribution in [2.75, 3.05) is 18.0 Å². The summed E-state index contributed by atoms with van der Waals surface area (Å²) in [5, 5.41) is 22.0. The Morgan fingerprint density at radius 3 is 2.56 bits per heavy atom. The summed E-state index contributed by atoms with van der Waals surface area (Å²) in [5.41, 5.74) is 1.76. The molecule has 0 spiro atoms. The van der Waals surface area contributed by atoms with Crippen LogP contribution in [-0.4, -0.2) is 58.5 Å². The smallest absolute Gasteiger partial charge is 0.414 e. The fourth-order valence-electron chi connectivity index (χ4n) is 3.49. The maximum atomic E-state index is 12.1. The van der Waals surface area contributed by atoms with Gasteiger partial charge < -0.3 is 20.3 Å². The lowest BCUT2D eigenvalue weighted by atomic mass is 9.81. The predicted octanol–water partition coefficient (Wildman–Crippen LogP) is 1.92. The molecule has 1 aliphatic carbocycles. The van der Waals surface area contributed by atoms with E-state index in [4.69, 9.17) is 27.9 Å². The largest absolute Gasteiger partial charge is 0.442 e. The minimum Gasteiger partial charge on any atom is -0.442 e. The second-order valence-corrected chi connectivity index (χ2v) is 7.99. The molecule has 7 nitrogen and oxygen atoms in total. The number of ether oxygens (including phenoxy) is 1. The fraction of sp³-hybridized carbons (Fsp3) is 0.556. The van der Waals surface area contributed by atoms with Crippen LogP contribution in [0.3, 0.4) is 0 Å². The topological polar surface area (TPSA) is 99.1 Å². The molecular formula is C18H22Cl2N2O5. The summed E-state index contributed by atoms with van der Waals surface area (Å²) in [6, 6.07) is 7.53. The van der Waals surface area contributed by atoms with Crippen LogP contribution in [0.1, 0.15) is 30.7 Å². The average Bonchev–Trinajstić information content (AvgIpc) is 3.02. The fourth-order valence-corrected chi connectivity index (χ4v) is 3.64. The first-order chi connectivity index (χ1) is 12.8. The minimum atomic E-state index is -1.16. The Morgan fingerprint density at radius 2 is 1.93 bits per heavy atom. The van der Waals surface area contributed by atoms with E-state index in [-0.39, 0.29) is 12.5 Å². The van der Waals surface area contributed by atoms with E-state index in [1.807, 2.05) is 24.3 Å². The number of nitrogens with zero attached hydrogens (tertiary/aromatic N) is 1. The van der Waals surface area contributed by atoms with Crippen molar-refractivity contribution in [1.82, 2.24) is 5.32 Å². The van der Waals surface area contributed by atoms with Gasteiger partial charge in [-0.25, -0.2) is 4.79 Å². The molecule has 148 valence electrons. The second-order valence-electron chi connectivity index (χ2n) is 6.90. The Morgan fingerprint density at radius 1 is 1.22 bits per heavy atom. The van der Waals surface area contributed by atoms with E-state index in [9.17, 15) is 19.8 Å². The van der Waals surface area contributed by atoms with Crippen molar-refractivity contribution in [1.29, 1.82) is 0 Å². The standard InChI is InChI=1S/C18H22Cl2N2O5/c19-16(20)17(25)21-8-13-9-22(18(26)27-13)12-4-1-10(2-5-12)11-3-6-14(23)15(24)7-11/h1-2,4-5,11,13-16,23-24H,3,6-9H2,(H,21,25). The van der Waals surface area contributed by atoms with Crippen molar-refractivity contribution in [2.45, 2.75) is 48.3 Å². The van der Waals surface area contributed by atoms with Crippen molar-refractivity contribution < 1.29 is 24.5 Å². The summed E-state index contributed by atoms with van der Waals surface area (Å²) in [5.74, 6) is -0.345. The van der Waals surface area contributed by atoms with Gasteiger partial charge in [0.15, 0.2) is 4.84 Å². The van der Waals surface area contributed by atoms with Crippen molar-refractivity contribution in [3.8, 4) is 0 Å². The highest BCUT2D eigenvalue weighted by molar-refractivity contribution is 6.53. The van der Waals surface area contributed by atoms with Gasteiger partial charge in [-0.05, 0) is 42.9 Å². The number of carbonyl (C=O) groups is 2. The van der Waals surface area contributed by atoms with Gasteiger partial charge in [-0.3, -0.25) is 9.69 Å². The zero-order chi connectivity index (χ0) is 19.6. The van der Waals surface area contributed by atoms with Gasteiger partial charge in [0.25, 0.3) is 5.91 Å². The Hall–Kier alpha value is -1.54. The normalized spacial score (nSPS) is 28.3. The maximum Gasteiger partial charge on any atom is 0.414 e. The minimum absolute atomic E-state index is 0.136. The number of anilines is 1. The van der Waals surface area contributed by atoms with E-state index in [2.05, 4.69) is 5.32 Å². The Kier molecular flexibility index (Phi) is 6.47. The van der Waals surface area contributed by atoms with Gasteiger partial charge in [0.05, 0.1) is 25.3 Å². The van der Waals surface area contributed by atoms with Gasteiger partial charge in [-0.15, -0.1) is 0 Å². The number of hydrogen-bond donors (Lipinski definition) is 3. The summed E-state index contributed by atoms with van der Waals surface area (Å²) < 4.78 is 5.26. The van der Waals surface area contributed by atoms with Crippen LogP contribution in [0, 0.1) is 0 Å². The van der Waals surface area contributed by atoms with Gasteiger partial charge in [-0.2, -0.15) is 0 Å². The van der Waals surface area contributed by atoms with Gasteiger partial charge in [0, 0.05) is 5.69 Å². The molecule has 4 unspecified atom stereocenters. The van der Waals surface area contributed by atoms with Crippen molar-refractivity contribution >= 4 is 40.9 Å². The molecule has 3 N–H and O–H groups in total. The summed E-state index contributed by atoms with van der Waals surface area (Å²) in [7, 11) is 0. The van der Waals surface area contributed by atoms with Gasteiger partial charge in [0.2, 0.25) is 0 Å². The molecule has 2 amide bonds. The summed E-state index contributed by atoms with van der Waals surface area (Å²) in [6.07, 6.45) is -0.401. The van der Waals surface area contributed by atoms with E-state index in [1.54, 1.807) is 0 Å². The molecule has 4 atom stereocenters. The van der Waals surface area contributed by atoms with Gasteiger partial charge >= 0.3 is 6.09 Å². The molecule has 9 heteroatoms. The quantitative estimate of drug-likeness (QED) is 0.636. The Balaban J connectivity index is 1.58. The van der Waals surface area contributed by atoms with E-state index >= 15 is 0 Å². The monoisotopic (exact) mass is 416 g/mol. The number of alkyl halides is 2. The molecule has 0 aromatic heterocycles. The van der Waals surface area contributed by atoms with Crippen LogP contribution in [0.5, 0.6) is 0 Å². The molecule has 27 heavy (non-hydrogen) atoms. The van der Waals surface area contributed by atoms with Crippen LogP contribution in [0.4, 0.5) is 10.5 Å². The molecule has 3 rings (SSSR count). The average molecular weight is 417 g/mol. The highest BCUT2D eigenvalue weighted by atomic mass is 35.5. The Labute approximate surface area is 167 Å². The number of aliphatic hydroxyl groups excluding tert-OH is 2. The summed E-state index contributed by atoms with van der Waals surface area (Å²) in [6.45, 7) is 0.444. The van der Waals surface area contributed by atoms with Gasteiger partial charge in [0.1, 0.15) is 6.10 Å². The third-order valence-electron chi connectivity index (χ3n) is 5.03. The molecule has 1 heterocycles. The number of amides is 2. The van der Waals surface area contributed by atoms with E-state index in [0.29, 0.717) is 25.1 Å². The third-order valence-corrected chi connectivity index (χ3v) is 5.43. The lowest BCUT2D eigenvalue weighted by Gasteiger charge is -2.30. The molecule has 1 aliphatic heterocycles. The van der Waals surface area contributed by atoms with Gasteiger partial charge in [-0.1, -0.05) is 35.3 Å². The van der Waals surface area contributed by atoms with E-state index in [1.165, 1.54) is 4.90 Å². The summed E-state index contributed by atoms with van der Waals surface area (Å²) >= 11 is 10.9. The lowest BCUT2D eigenvalue weighted by Crippen LogP contribution is -2.37. The first-order valence-electron chi connectivity index (χ1n) is 8.85. The number of carbonyl (C=O) groups excluding carboxylic acids is 2. The molecule has 2 fully saturated rings. The van der Waals surface area contributed by atoms with Crippen molar-refractivity contribution in [3.05, 3.63) is 29.8 Å². The van der Waals surface area contributed by atoms with Crippen LogP contribution >= 0.6 is 23.2 Å². The maximum absolute atomic E-state index is 12.1. The highest BCUT2D eigenvalue weighted by Gasteiger charge is 2.33. The highest BCUT2D eigenvalue weighted by Crippen LogP contribution is 2.34. The second kappa shape index (κ2) is 8.65. The van der Waals surface area contributed by atoms with Crippen LogP contribution in [0.2, 0.25) is 0 Å². The SMILES string of the molecule is O=C(NCC1CN(c2ccc(C3CCC(O)C(O)C3)cc2)C(=O)O1)C(Cl)Cl. The van der Waals surface area contributed by atoms with Crippen LogP contribution in [-0.2, 0) is 9.53 Å². The molecule has 1 aromatic carbocycles. The zero-order valence-electron chi connectivity index (χ0n) is 14.6. The number of nitrogens with one attached hydrogen (secondary N) is 1. The van der Waals surface area contributed by atoms with Crippen molar-refractivity contribution in [3.63, 3.8) is 0 Å². The number of rotatable bonds is 5. The molecule has 0 bridgehead atoms. The van der Waals surface area contributed by atoms with E-state index in [0.717, 1.165) is 12.0 Å². The predicted molar refractivity (Wildman–Crippen MR) is 101 cm³/mol. The molecule has 1 aromatic rings. The Bertz CT molecular complexity index is 685. The first kappa shape index (κ1) is 20.2. The molecular weight excluding hydrogens is 395 g/mol. The van der Waals surface area contributed by atoms with Crippen molar-refractivity contribution in [2.24, 2.45) is 0 Å². The zero-order valence-corrected chi connectivity index (χ0v) is 16.1. The molecule has 1 saturated heterocycles. The number of hydrogen-bond acceptors (Lipinski definition) is 5. The number of benzene rings is 1. The first-order valence-corrected chi connectivity index (χ1v) is 9.72. The van der Waals surface area contributed by atoms with Crippen LogP contribution in [0.25, 0.3) is 0 Å². The summed E-state index contributed by atoms with van der Waals surface area (Å²) in [4.78, 5) is 23.8. The number of halogens is 2. The molecule has 0 radical (unpaired) electrons. The molecule has 1 saturated carbocycles. The number of cyclic esters (lactones) is 1. The molecule has 2 aliphatic rings.